The van der Waals surface area contributed by atoms with E-state index in [4.69, 9.17) is 0 Å². The van der Waals surface area contributed by atoms with Gasteiger partial charge < -0.3 is 10.2 Å². The Morgan fingerprint density at radius 2 is 1.72 bits per heavy atom. The second-order valence-corrected chi connectivity index (χ2v) is 11.7. The highest BCUT2D eigenvalue weighted by molar-refractivity contribution is 7.98. The van der Waals surface area contributed by atoms with Crippen LogP contribution in [0.25, 0.3) is 0 Å². The van der Waals surface area contributed by atoms with Crippen molar-refractivity contribution in [3.05, 3.63) is 81.6 Å². The third kappa shape index (κ3) is 6.95. The molecule has 2 aromatic carbocycles. The van der Waals surface area contributed by atoms with Gasteiger partial charge in [-0.1, -0.05) is 24.3 Å². The molecule has 2 amide bonds. The summed E-state index contributed by atoms with van der Waals surface area (Å²) in [5, 5.41) is 5.83. The van der Waals surface area contributed by atoms with E-state index in [0.29, 0.717) is 31.6 Å². The van der Waals surface area contributed by atoms with Crippen LogP contribution >= 0.6 is 23.1 Å². The number of carbonyl (C=O) groups excluding carboxylic acids is 2. The van der Waals surface area contributed by atoms with E-state index in [0.717, 1.165) is 29.0 Å². The minimum Gasteiger partial charge on any atom is -0.345 e. The topological polar surface area (TPSA) is 62.3 Å². The van der Waals surface area contributed by atoms with Gasteiger partial charge in [0.2, 0.25) is 5.91 Å². The van der Waals surface area contributed by atoms with Crippen molar-refractivity contribution in [2.45, 2.75) is 55.9 Å². The lowest BCUT2D eigenvalue weighted by atomic mass is 9.94. The highest BCUT2D eigenvalue weighted by Gasteiger charge is 2.28. The van der Waals surface area contributed by atoms with Crippen molar-refractivity contribution in [3.63, 3.8) is 0 Å². The lowest BCUT2D eigenvalue weighted by molar-refractivity contribution is -0.131. The minimum atomic E-state index is -0.500. The van der Waals surface area contributed by atoms with Gasteiger partial charge in [0.15, 0.2) is 0 Å². The molecule has 190 valence electrons. The summed E-state index contributed by atoms with van der Waals surface area (Å²) in [7, 11) is 0. The van der Waals surface area contributed by atoms with E-state index in [9.17, 15) is 14.0 Å². The number of aromatic nitrogens is 1. The Bertz CT molecular complexity index is 1180. The fourth-order valence-corrected chi connectivity index (χ4v) is 5.89. The molecule has 8 heteroatoms. The summed E-state index contributed by atoms with van der Waals surface area (Å²) in [6, 6.07) is 14.5. The Hall–Kier alpha value is -2.71. The molecule has 1 aromatic heterocycles. The fraction of sp³-hybridized carbons (Fsp3) is 0.393. The summed E-state index contributed by atoms with van der Waals surface area (Å²) in [6.45, 7) is 5.31. The third-order valence-corrected chi connectivity index (χ3v) is 8.23. The van der Waals surface area contributed by atoms with Gasteiger partial charge in [0.1, 0.15) is 11.5 Å². The molecule has 1 fully saturated rings. The lowest BCUT2D eigenvalue weighted by Crippen LogP contribution is -2.45. The number of benzene rings is 2. The summed E-state index contributed by atoms with van der Waals surface area (Å²) in [6.07, 6.45) is 4.75. The number of halogens is 1. The zero-order valence-corrected chi connectivity index (χ0v) is 22.6. The number of thioether (sulfide) groups is 1. The molecule has 0 bridgehead atoms. The van der Waals surface area contributed by atoms with E-state index in [1.165, 1.54) is 28.4 Å². The molecule has 1 N–H and O–H groups in total. The Morgan fingerprint density at radius 1 is 1.08 bits per heavy atom. The van der Waals surface area contributed by atoms with Gasteiger partial charge in [-0.2, -0.15) is 0 Å². The number of carbonyl (C=O) groups is 2. The smallest absolute Gasteiger partial charge is 0.271 e. The maximum Gasteiger partial charge on any atom is 0.271 e. The summed E-state index contributed by atoms with van der Waals surface area (Å²) in [5.41, 5.74) is 1.92. The molecule has 0 atom stereocenters. The Labute approximate surface area is 220 Å². The van der Waals surface area contributed by atoms with Crippen LogP contribution in [-0.4, -0.2) is 46.6 Å². The molecule has 1 aliphatic heterocycles. The van der Waals surface area contributed by atoms with Gasteiger partial charge >= 0.3 is 0 Å². The van der Waals surface area contributed by atoms with Gasteiger partial charge in [0.05, 0.1) is 11.4 Å². The minimum absolute atomic E-state index is 0.160. The molecule has 4 rings (SSSR count). The van der Waals surface area contributed by atoms with Crippen molar-refractivity contribution < 1.29 is 14.0 Å². The van der Waals surface area contributed by atoms with Crippen LogP contribution in [0.2, 0.25) is 0 Å². The number of rotatable bonds is 8. The van der Waals surface area contributed by atoms with Gasteiger partial charge in [-0.3, -0.25) is 9.59 Å². The van der Waals surface area contributed by atoms with Crippen LogP contribution in [0.1, 0.15) is 59.2 Å². The second kappa shape index (κ2) is 11.6. The van der Waals surface area contributed by atoms with Crippen molar-refractivity contribution in [2.75, 3.05) is 19.3 Å². The van der Waals surface area contributed by atoms with Gasteiger partial charge in [0.25, 0.3) is 5.91 Å². The largest absolute Gasteiger partial charge is 0.345 e. The normalized spacial score (nSPS) is 14.6. The van der Waals surface area contributed by atoms with E-state index in [1.807, 2.05) is 42.5 Å². The Morgan fingerprint density at radius 3 is 2.36 bits per heavy atom. The van der Waals surface area contributed by atoms with E-state index in [-0.39, 0.29) is 23.5 Å². The van der Waals surface area contributed by atoms with Crippen LogP contribution in [0.15, 0.2) is 58.8 Å². The maximum atomic E-state index is 13.2. The second-order valence-electron chi connectivity index (χ2n) is 9.89. The van der Waals surface area contributed by atoms with E-state index in [2.05, 4.69) is 22.4 Å². The van der Waals surface area contributed by atoms with E-state index in [1.54, 1.807) is 23.9 Å². The third-order valence-electron chi connectivity index (χ3n) is 6.48. The standard InChI is InChI=1S/C28H32FN3O2S2/c1-28(2,17-20-4-8-22(29)9-5-20)31-26(34)24-18-36-27(30-24)21-12-14-32(15-13-21)25(33)16-19-6-10-23(35-3)11-7-19/h4-11,18,21H,12-17H2,1-3H3,(H,31,34). The Kier molecular flexibility index (Phi) is 8.46. The number of hydrogen-bond donors (Lipinski definition) is 1. The zero-order valence-electron chi connectivity index (χ0n) is 20.9. The van der Waals surface area contributed by atoms with Crippen LogP contribution in [0, 0.1) is 5.82 Å². The summed E-state index contributed by atoms with van der Waals surface area (Å²) < 4.78 is 13.2. The van der Waals surface area contributed by atoms with Gasteiger partial charge in [-0.25, -0.2) is 9.37 Å². The van der Waals surface area contributed by atoms with Crippen LogP contribution in [0.4, 0.5) is 4.39 Å². The summed E-state index contributed by atoms with van der Waals surface area (Å²) in [4.78, 5) is 33.4. The zero-order chi connectivity index (χ0) is 25.7. The number of likely N-dealkylation sites (tertiary alicyclic amines) is 1. The molecule has 0 unspecified atom stereocenters. The first-order valence-corrected chi connectivity index (χ1v) is 14.3. The number of hydrogen-bond acceptors (Lipinski definition) is 5. The van der Waals surface area contributed by atoms with Gasteiger partial charge in [0, 0.05) is 34.8 Å². The number of nitrogens with zero attached hydrogens (tertiary/aromatic N) is 2. The number of amides is 2. The quantitative estimate of drug-likeness (QED) is 0.383. The van der Waals surface area contributed by atoms with E-state index >= 15 is 0 Å². The first-order chi connectivity index (χ1) is 17.2. The first-order valence-electron chi connectivity index (χ1n) is 12.2. The maximum absolute atomic E-state index is 13.2. The molecule has 2 heterocycles. The monoisotopic (exact) mass is 525 g/mol. The SMILES string of the molecule is CSc1ccc(CC(=O)N2CCC(c3nc(C(=O)NC(C)(C)Cc4ccc(F)cc4)cs3)CC2)cc1. The fourth-order valence-electron chi connectivity index (χ4n) is 4.51. The molecular weight excluding hydrogens is 493 g/mol. The van der Waals surface area contributed by atoms with Crippen LogP contribution < -0.4 is 5.32 Å². The van der Waals surface area contributed by atoms with Crippen molar-refractivity contribution in [1.82, 2.24) is 15.2 Å². The molecule has 0 saturated carbocycles. The molecule has 1 saturated heterocycles. The Balaban J connectivity index is 1.28. The average Bonchev–Trinajstić information content (AvgIpc) is 3.36. The predicted molar refractivity (Wildman–Crippen MR) is 144 cm³/mol. The van der Waals surface area contributed by atoms with Crippen molar-refractivity contribution >= 4 is 34.9 Å². The first kappa shape index (κ1) is 26.4. The summed E-state index contributed by atoms with van der Waals surface area (Å²) >= 11 is 3.20. The molecule has 0 spiro atoms. The molecule has 36 heavy (non-hydrogen) atoms. The highest BCUT2D eigenvalue weighted by atomic mass is 32.2. The average molecular weight is 526 g/mol. The number of piperidine rings is 1. The number of nitrogens with one attached hydrogen (secondary N) is 1. The predicted octanol–water partition coefficient (Wildman–Crippen LogP) is 5.70. The highest BCUT2D eigenvalue weighted by Crippen LogP contribution is 2.31. The molecular formula is C28H32FN3O2S2. The van der Waals surface area contributed by atoms with Crippen molar-refractivity contribution in [3.8, 4) is 0 Å². The molecule has 0 radical (unpaired) electrons. The van der Waals surface area contributed by atoms with Gasteiger partial charge in [-0.15, -0.1) is 23.1 Å². The van der Waals surface area contributed by atoms with Crippen LogP contribution in [0.3, 0.4) is 0 Å². The lowest BCUT2D eigenvalue weighted by Gasteiger charge is -2.31. The van der Waals surface area contributed by atoms with Crippen LogP contribution in [-0.2, 0) is 17.6 Å². The van der Waals surface area contributed by atoms with Crippen LogP contribution in [0.5, 0.6) is 0 Å². The molecule has 5 nitrogen and oxygen atoms in total. The van der Waals surface area contributed by atoms with E-state index < -0.39 is 5.54 Å². The summed E-state index contributed by atoms with van der Waals surface area (Å²) in [5.74, 6) is -0.0573. The van der Waals surface area contributed by atoms with Crippen molar-refractivity contribution in [1.29, 1.82) is 0 Å². The van der Waals surface area contributed by atoms with Crippen molar-refractivity contribution in [2.24, 2.45) is 0 Å². The molecule has 3 aromatic rings. The molecule has 0 aliphatic carbocycles. The molecule has 1 aliphatic rings. The number of thiazole rings is 1. The van der Waals surface area contributed by atoms with Gasteiger partial charge in [-0.05, 0) is 74.8 Å².